The smallest absolute Gasteiger partial charge is 0.238 e. The van der Waals surface area contributed by atoms with Gasteiger partial charge in [0.1, 0.15) is 11.0 Å². The molecule has 1 atom stereocenters. The molecule has 1 N–H and O–H groups in total. The van der Waals surface area contributed by atoms with E-state index in [-0.39, 0.29) is 18.2 Å². The number of nitrogens with zero attached hydrogens (tertiary/aromatic N) is 2. The molecule has 1 saturated heterocycles. The molecule has 1 unspecified atom stereocenters. The number of carbonyl (C=O) groups is 2. The van der Waals surface area contributed by atoms with Crippen LogP contribution in [-0.2, 0) is 9.59 Å². The highest BCUT2D eigenvalue weighted by Crippen LogP contribution is 2.31. The lowest BCUT2D eigenvalue weighted by molar-refractivity contribution is -0.129. The lowest BCUT2D eigenvalue weighted by Gasteiger charge is -2.32. The van der Waals surface area contributed by atoms with Crippen LogP contribution in [0.1, 0.15) is 52.4 Å². The molecule has 1 aliphatic heterocycles. The zero-order chi connectivity index (χ0) is 24.3. The summed E-state index contributed by atoms with van der Waals surface area (Å²) in [6, 6.07) is 14.4. The minimum atomic E-state index is -0.562. The minimum Gasteiger partial charge on any atom is -0.494 e. The van der Waals surface area contributed by atoms with Gasteiger partial charge in [0.15, 0.2) is 5.17 Å². The van der Waals surface area contributed by atoms with Crippen LogP contribution in [-0.4, -0.2) is 40.3 Å². The molecule has 182 valence electrons. The Morgan fingerprint density at radius 2 is 1.91 bits per heavy atom. The van der Waals surface area contributed by atoms with Crippen molar-refractivity contribution in [1.82, 2.24) is 4.90 Å². The third-order valence-electron chi connectivity index (χ3n) is 5.38. The molecule has 2 aromatic carbocycles. The molecule has 3 rings (SSSR count). The standard InChI is InChI=1S/C26H32ClN3O3S/c1-3-5-6-7-8-16-30-24(31)18-23(34-26(30)29-21-11-9-10-19(27)17-21)25(32)28-20-12-14-22(15-13-20)33-4-2/h9-15,17,23H,3-8,16,18H2,1-2H3,(H,28,32). The van der Waals surface area contributed by atoms with E-state index >= 15 is 0 Å². The number of nitrogens with one attached hydrogen (secondary N) is 1. The summed E-state index contributed by atoms with van der Waals surface area (Å²) in [6.45, 7) is 5.28. The van der Waals surface area contributed by atoms with Crippen molar-refractivity contribution in [3.05, 3.63) is 53.6 Å². The van der Waals surface area contributed by atoms with Crippen molar-refractivity contribution < 1.29 is 14.3 Å². The molecule has 6 nitrogen and oxygen atoms in total. The number of unbranched alkanes of at least 4 members (excludes halogenated alkanes) is 4. The summed E-state index contributed by atoms with van der Waals surface area (Å²) in [5.74, 6) is 0.444. The van der Waals surface area contributed by atoms with Crippen molar-refractivity contribution in [3.63, 3.8) is 0 Å². The second kappa shape index (κ2) is 13.4. The van der Waals surface area contributed by atoms with Crippen molar-refractivity contribution in [1.29, 1.82) is 0 Å². The molecule has 0 radical (unpaired) electrons. The molecule has 34 heavy (non-hydrogen) atoms. The van der Waals surface area contributed by atoms with Gasteiger partial charge in [-0.15, -0.1) is 0 Å². The number of benzene rings is 2. The van der Waals surface area contributed by atoms with E-state index in [2.05, 4.69) is 12.2 Å². The molecule has 0 bridgehead atoms. The van der Waals surface area contributed by atoms with Crippen molar-refractivity contribution in [2.45, 2.75) is 57.6 Å². The molecule has 0 aliphatic carbocycles. The van der Waals surface area contributed by atoms with Gasteiger partial charge in [-0.2, -0.15) is 0 Å². The van der Waals surface area contributed by atoms with E-state index in [1.165, 1.54) is 24.6 Å². The fraction of sp³-hybridized carbons (Fsp3) is 0.423. The lowest BCUT2D eigenvalue weighted by Crippen LogP contribution is -2.45. The van der Waals surface area contributed by atoms with Crippen LogP contribution in [0.25, 0.3) is 0 Å². The zero-order valence-electron chi connectivity index (χ0n) is 19.8. The van der Waals surface area contributed by atoms with Gasteiger partial charge < -0.3 is 10.1 Å². The first-order chi connectivity index (χ1) is 16.5. The fourth-order valence-corrected chi connectivity index (χ4v) is 4.92. The highest BCUT2D eigenvalue weighted by atomic mass is 35.5. The van der Waals surface area contributed by atoms with Crippen LogP contribution in [0.5, 0.6) is 5.75 Å². The maximum Gasteiger partial charge on any atom is 0.238 e. The van der Waals surface area contributed by atoms with E-state index in [1.807, 2.05) is 31.2 Å². The molecule has 2 amide bonds. The summed E-state index contributed by atoms with van der Waals surface area (Å²) in [6.07, 6.45) is 5.62. The van der Waals surface area contributed by atoms with Gasteiger partial charge in [-0.1, -0.05) is 62.0 Å². The van der Waals surface area contributed by atoms with Crippen LogP contribution in [0.2, 0.25) is 5.02 Å². The minimum absolute atomic E-state index is 0.0816. The first-order valence-corrected chi connectivity index (χ1v) is 13.1. The molecule has 0 saturated carbocycles. The van der Waals surface area contributed by atoms with Crippen LogP contribution in [0.4, 0.5) is 11.4 Å². The van der Waals surface area contributed by atoms with Gasteiger partial charge in [-0.05, 0) is 55.8 Å². The van der Waals surface area contributed by atoms with Crippen LogP contribution >= 0.6 is 23.4 Å². The summed E-state index contributed by atoms with van der Waals surface area (Å²) in [5, 5.41) is 3.47. The Labute approximate surface area is 211 Å². The second-order valence-corrected chi connectivity index (χ2v) is 9.70. The lowest BCUT2D eigenvalue weighted by atomic mass is 10.1. The number of rotatable bonds is 11. The van der Waals surface area contributed by atoms with Gasteiger partial charge in [-0.3, -0.25) is 14.5 Å². The number of hydrogen-bond acceptors (Lipinski definition) is 5. The van der Waals surface area contributed by atoms with E-state index < -0.39 is 5.25 Å². The Balaban J connectivity index is 1.73. The Morgan fingerprint density at radius 3 is 2.62 bits per heavy atom. The van der Waals surface area contributed by atoms with Crippen molar-refractivity contribution in [2.75, 3.05) is 18.5 Å². The number of halogens is 1. The molecular formula is C26H32ClN3O3S. The van der Waals surface area contributed by atoms with Gasteiger partial charge in [0.25, 0.3) is 0 Å². The van der Waals surface area contributed by atoms with Gasteiger partial charge in [0, 0.05) is 23.7 Å². The highest BCUT2D eigenvalue weighted by Gasteiger charge is 2.35. The Kier molecular flexibility index (Phi) is 10.3. The zero-order valence-corrected chi connectivity index (χ0v) is 21.3. The second-order valence-electron chi connectivity index (χ2n) is 8.09. The van der Waals surface area contributed by atoms with Crippen LogP contribution in [0.3, 0.4) is 0 Å². The van der Waals surface area contributed by atoms with Crippen molar-refractivity contribution in [2.24, 2.45) is 4.99 Å². The van der Waals surface area contributed by atoms with Crippen molar-refractivity contribution in [3.8, 4) is 5.75 Å². The highest BCUT2D eigenvalue weighted by molar-refractivity contribution is 8.15. The molecule has 1 aliphatic rings. The Morgan fingerprint density at radius 1 is 1.15 bits per heavy atom. The van der Waals surface area contributed by atoms with E-state index in [9.17, 15) is 9.59 Å². The maximum absolute atomic E-state index is 13.1. The summed E-state index contributed by atoms with van der Waals surface area (Å²) in [5.41, 5.74) is 1.32. The average Bonchev–Trinajstić information content (AvgIpc) is 2.81. The first kappa shape index (κ1) is 26.1. The molecule has 1 heterocycles. The molecule has 1 fully saturated rings. The number of hydrogen-bond donors (Lipinski definition) is 1. The topological polar surface area (TPSA) is 71.0 Å². The van der Waals surface area contributed by atoms with Gasteiger partial charge in [0.2, 0.25) is 11.8 Å². The summed E-state index contributed by atoms with van der Waals surface area (Å²) in [4.78, 5) is 32.5. The summed E-state index contributed by atoms with van der Waals surface area (Å²) >= 11 is 7.46. The number of ether oxygens (including phenoxy) is 1. The Hall–Kier alpha value is -2.51. The predicted octanol–water partition coefficient (Wildman–Crippen LogP) is 6.67. The predicted molar refractivity (Wildman–Crippen MR) is 141 cm³/mol. The third kappa shape index (κ3) is 7.77. The molecule has 0 aromatic heterocycles. The largest absolute Gasteiger partial charge is 0.494 e. The van der Waals surface area contributed by atoms with Crippen LogP contribution in [0.15, 0.2) is 53.5 Å². The molecule has 2 aromatic rings. The monoisotopic (exact) mass is 501 g/mol. The average molecular weight is 502 g/mol. The number of amidine groups is 1. The molecule has 0 spiro atoms. The first-order valence-electron chi connectivity index (χ1n) is 11.8. The van der Waals surface area contributed by atoms with Gasteiger partial charge >= 0.3 is 0 Å². The molecular weight excluding hydrogens is 470 g/mol. The number of anilines is 1. The number of thioether (sulfide) groups is 1. The van der Waals surface area contributed by atoms with Gasteiger partial charge in [-0.25, -0.2) is 4.99 Å². The summed E-state index contributed by atoms with van der Waals surface area (Å²) in [7, 11) is 0. The van der Waals surface area contributed by atoms with E-state index in [1.54, 1.807) is 29.2 Å². The van der Waals surface area contributed by atoms with E-state index in [4.69, 9.17) is 21.3 Å². The third-order valence-corrected chi connectivity index (χ3v) is 6.81. The van der Waals surface area contributed by atoms with Gasteiger partial charge in [0.05, 0.1) is 12.3 Å². The molecule has 8 heteroatoms. The number of carbonyl (C=O) groups excluding carboxylic acids is 2. The summed E-state index contributed by atoms with van der Waals surface area (Å²) < 4.78 is 5.45. The van der Waals surface area contributed by atoms with Crippen LogP contribution < -0.4 is 10.1 Å². The number of aliphatic imine (C=N–C) groups is 1. The quantitative estimate of drug-likeness (QED) is 0.349. The van der Waals surface area contributed by atoms with E-state index in [0.717, 1.165) is 25.0 Å². The van der Waals surface area contributed by atoms with E-state index in [0.29, 0.717) is 34.7 Å². The maximum atomic E-state index is 13.1. The van der Waals surface area contributed by atoms with Crippen molar-refractivity contribution >= 4 is 51.7 Å². The fourth-order valence-electron chi connectivity index (χ4n) is 3.61. The normalized spacial score (nSPS) is 17.1. The Bertz CT molecular complexity index is 997. The van der Waals surface area contributed by atoms with Crippen LogP contribution in [0, 0.1) is 0 Å². The SMILES string of the molecule is CCCCCCCN1C(=O)CC(C(=O)Nc2ccc(OCC)cc2)SC1=Nc1cccc(Cl)c1. The number of amides is 2.